The van der Waals surface area contributed by atoms with Crippen molar-refractivity contribution in [1.82, 2.24) is 5.32 Å². The summed E-state index contributed by atoms with van der Waals surface area (Å²) >= 11 is 0. The van der Waals surface area contributed by atoms with Crippen LogP contribution in [-0.2, 0) is 0 Å². The molecule has 0 bridgehead atoms. The third-order valence-corrected chi connectivity index (χ3v) is 2.60. The summed E-state index contributed by atoms with van der Waals surface area (Å²) in [6.45, 7) is 5.94. The van der Waals surface area contributed by atoms with Crippen molar-refractivity contribution >= 4 is 0 Å². The van der Waals surface area contributed by atoms with Gasteiger partial charge in [0, 0.05) is 12.6 Å². The lowest BCUT2D eigenvalue weighted by Crippen LogP contribution is -2.26. The second-order valence-electron chi connectivity index (χ2n) is 3.87. The molecule has 2 nitrogen and oxygen atoms in total. The highest BCUT2D eigenvalue weighted by Crippen LogP contribution is 2.21. The van der Waals surface area contributed by atoms with Crippen molar-refractivity contribution in [2.24, 2.45) is 11.8 Å². The number of nitrogens with one attached hydrogen (secondary N) is 1. The summed E-state index contributed by atoms with van der Waals surface area (Å²) in [5.41, 5.74) is 0. The van der Waals surface area contributed by atoms with Crippen LogP contribution in [0.5, 0.6) is 0 Å². The summed E-state index contributed by atoms with van der Waals surface area (Å²) < 4.78 is 0. The average Bonchev–Trinajstić information content (AvgIpc) is 2.37. The second kappa shape index (κ2) is 4.07. The SMILES string of the molecule is CC(C)C1CC(CCO)CN1. The van der Waals surface area contributed by atoms with Crippen LogP contribution in [0.1, 0.15) is 26.7 Å². The Morgan fingerprint density at radius 3 is 2.73 bits per heavy atom. The summed E-state index contributed by atoms with van der Waals surface area (Å²) in [7, 11) is 0. The molecular formula is C9H19NO. The molecule has 1 aliphatic rings. The number of hydrogen-bond donors (Lipinski definition) is 2. The highest BCUT2D eigenvalue weighted by Gasteiger charge is 2.25. The molecule has 0 aromatic carbocycles. The first-order valence-electron chi connectivity index (χ1n) is 4.58. The Morgan fingerprint density at radius 2 is 2.27 bits per heavy atom. The average molecular weight is 157 g/mol. The minimum Gasteiger partial charge on any atom is -0.396 e. The molecule has 0 aliphatic carbocycles. The molecule has 11 heavy (non-hydrogen) atoms. The lowest BCUT2D eigenvalue weighted by molar-refractivity contribution is 0.260. The Kier molecular flexibility index (Phi) is 3.34. The van der Waals surface area contributed by atoms with Gasteiger partial charge in [0.15, 0.2) is 0 Å². The normalized spacial score (nSPS) is 31.6. The van der Waals surface area contributed by atoms with Crippen LogP contribution >= 0.6 is 0 Å². The zero-order chi connectivity index (χ0) is 8.27. The summed E-state index contributed by atoms with van der Waals surface area (Å²) in [5, 5.41) is 12.2. The van der Waals surface area contributed by atoms with Gasteiger partial charge in [0.05, 0.1) is 0 Å². The molecule has 1 saturated heterocycles. The van der Waals surface area contributed by atoms with Gasteiger partial charge >= 0.3 is 0 Å². The lowest BCUT2D eigenvalue weighted by Gasteiger charge is -2.13. The maximum atomic E-state index is 8.72. The van der Waals surface area contributed by atoms with Crippen molar-refractivity contribution < 1.29 is 5.11 Å². The van der Waals surface area contributed by atoms with E-state index in [2.05, 4.69) is 19.2 Å². The van der Waals surface area contributed by atoms with E-state index in [0.29, 0.717) is 18.6 Å². The van der Waals surface area contributed by atoms with Crippen LogP contribution in [0.25, 0.3) is 0 Å². The monoisotopic (exact) mass is 157 g/mol. The number of aliphatic hydroxyl groups is 1. The molecule has 2 unspecified atom stereocenters. The summed E-state index contributed by atoms with van der Waals surface area (Å²) in [6.07, 6.45) is 2.22. The fraction of sp³-hybridized carbons (Fsp3) is 1.00. The van der Waals surface area contributed by atoms with Gasteiger partial charge in [-0.05, 0) is 31.2 Å². The largest absolute Gasteiger partial charge is 0.396 e. The third kappa shape index (κ3) is 2.46. The fourth-order valence-corrected chi connectivity index (χ4v) is 1.75. The van der Waals surface area contributed by atoms with Crippen molar-refractivity contribution in [3.63, 3.8) is 0 Å². The van der Waals surface area contributed by atoms with E-state index < -0.39 is 0 Å². The Hall–Kier alpha value is -0.0800. The molecule has 1 aliphatic heterocycles. The van der Waals surface area contributed by atoms with E-state index in [0.717, 1.165) is 18.9 Å². The first-order chi connectivity index (χ1) is 5.24. The maximum Gasteiger partial charge on any atom is 0.0434 e. The zero-order valence-corrected chi connectivity index (χ0v) is 7.51. The molecule has 1 fully saturated rings. The van der Waals surface area contributed by atoms with Gasteiger partial charge in [-0.15, -0.1) is 0 Å². The van der Waals surface area contributed by atoms with Crippen LogP contribution in [0.2, 0.25) is 0 Å². The highest BCUT2D eigenvalue weighted by molar-refractivity contribution is 4.83. The molecule has 1 rings (SSSR count). The molecule has 0 aromatic rings. The first kappa shape index (κ1) is 9.01. The molecule has 0 spiro atoms. The van der Waals surface area contributed by atoms with E-state index in [1.807, 2.05) is 0 Å². The number of hydrogen-bond acceptors (Lipinski definition) is 2. The fourth-order valence-electron chi connectivity index (χ4n) is 1.75. The minimum atomic E-state index is 0.344. The van der Waals surface area contributed by atoms with Gasteiger partial charge in [-0.3, -0.25) is 0 Å². The molecule has 2 atom stereocenters. The van der Waals surface area contributed by atoms with Crippen LogP contribution in [0, 0.1) is 11.8 Å². The minimum absolute atomic E-state index is 0.344. The van der Waals surface area contributed by atoms with Crippen LogP contribution in [-0.4, -0.2) is 24.3 Å². The van der Waals surface area contributed by atoms with Crippen molar-refractivity contribution in [3.05, 3.63) is 0 Å². The van der Waals surface area contributed by atoms with E-state index in [1.54, 1.807) is 0 Å². The van der Waals surface area contributed by atoms with Gasteiger partial charge in [-0.2, -0.15) is 0 Å². The van der Waals surface area contributed by atoms with Gasteiger partial charge in [-0.1, -0.05) is 13.8 Å². The van der Waals surface area contributed by atoms with Gasteiger partial charge < -0.3 is 10.4 Å². The standard InChI is InChI=1S/C9H19NO/c1-7(2)9-5-8(3-4-11)6-10-9/h7-11H,3-6H2,1-2H3. The summed E-state index contributed by atoms with van der Waals surface area (Å²) in [4.78, 5) is 0. The van der Waals surface area contributed by atoms with Crippen molar-refractivity contribution in [1.29, 1.82) is 0 Å². The molecule has 66 valence electrons. The van der Waals surface area contributed by atoms with Gasteiger partial charge in [-0.25, -0.2) is 0 Å². The second-order valence-corrected chi connectivity index (χ2v) is 3.87. The zero-order valence-electron chi connectivity index (χ0n) is 7.51. The van der Waals surface area contributed by atoms with Gasteiger partial charge in [0.25, 0.3) is 0 Å². The van der Waals surface area contributed by atoms with E-state index >= 15 is 0 Å². The van der Waals surface area contributed by atoms with Crippen LogP contribution in [0.3, 0.4) is 0 Å². The maximum absolute atomic E-state index is 8.72. The Balaban J connectivity index is 2.23. The van der Waals surface area contributed by atoms with Crippen LogP contribution < -0.4 is 5.32 Å². The summed E-state index contributed by atoms with van der Waals surface area (Å²) in [6, 6.07) is 0.687. The topological polar surface area (TPSA) is 32.3 Å². The molecule has 0 radical (unpaired) electrons. The molecule has 0 saturated carbocycles. The molecular weight excluding hydrogens is 138 g/mol. The predicted octanol–water partition coefficient (Wildman–Crippen LogP) is 1.00. The molecule has 2 heteroatoms. The van der Waals surface area contributed by atoms with Crippen molar-refractivity contribution in [2.45, 2.75) is 32.7 Å². The predicted molar refractivity (Wildman–Crippen MR) is 46.4 cm³/mol. The molecule has 1 heterocycles. The van der Waals surface area contributed by atoms with E-state index in [-0.39, 0.29) is 0 Å². The van der Waals surface area contributed by atoms with Crippen LogP contribution in [0.4, 0.5) is 0 Å². The first-order valence-corrected chi connectivity index (χ1v) is 4.58. The number of aliphatic hydroxyl groups excluding tert-OH is 1. The molecule has 0 aromatic heterocycles. The molecule has 2 N–H and O–H groups in total. The Bertz CT molecular complexity index is 114. The van der Waals surface area contributed by atoms with Crippen LogP contribution in [0.15, 0.2) is 0 Å². The van der Waals surface area contributed by atoms with Crippen molar-refractivity contribution in [3.8, 4) is 0 Å². The van der Waals surface area contributed by atoms with E-state index in [9.17, 15) is 0 Å². The van der Waals surface area contributed by atoms with E-state index in [4.69, 9.17) is 5.11 Å². The quantitative estimate of drug-likeness (QED) is 0.640. The lowest BCUT2D eigenvalue weighted by atomic mass is 9.96. The van der Waals surface area contributed by atoms with Crippen molar-refractivity contribution in [2.75, 3.05) is 13.2 Å². The Morgan fingerprint density at radius 1 is 1.55 bits per heavy atom. The van der Waals surface area contributed by atoms with E-state index in [1.165, 1.54) is 6.42 Å². The summed E-state index contributed by atoms with van der Waals surface area (Å²) in [5.74, 6) is 1.45. The Labute approximate surface area is 69.0 Å². The van der Waals surface area contributed by atoms with Gasteiger partial charge in [0.1, 0.15) is 0 Å². The molecule has 0 amide bonds. The third-order valence-electron chi connectivity index (χ3n) is 2.60. The van der Waals surface area contributed by atoms with Gasteiger partial charge in [0.2, 0.25) is 0 Å². The highest BCUT2D eigenvalue weighted by atomic mass is 16.3. The number of rotatable bonds is 3. The smallest absolute Gasteiger partial charge is 0.0434 e.